The summed E-state index contributed by atoms with van der Waals surface area (Å²) < 4.78 is 11.7. The minimum absolute atomic E-state index is 0.0000954. The van der Waals surface area contributed by atoms with Gasteiger partial charge in [0.25, 0.3) is 0 Å². The molecule has 0 radical (unpaired) electrons. The maximum absolute atomic E-state index is 6.41. The van der Waals surface area contributed by atoms with Crippen LogP contribution in [-0.2, 0) is 15.9 Å². The summed E-state index contributed by atoms with van der Waals surface area (Å²) >= 11 is 0. The van der Waals surface area contributed by atoms with Crippen molar-refractivity contribution in [2.75, 3.05) is 13.2 Å². The van der Waals surface area contributed by atoms with Crippen LogP contribution in [0, 0.1) is 0 Å². The van der Waals surface area contributed by atoms with E-state index in [1.54, 1.807) is 0 Å². The Labute approximate surface area is 115 Å². The number of hydrogen-bond donors (Lipinski definition) is 1. The first kappa shape index (κ1) is 13.1. The highest BCUT2D eigenvalue weighted by Gasteiger charge is 2.26. The van der Waals surface area contributed by atoms with E-state index in [1.165, 1.54) is 11.1 Å². The van der Waals surface area contributed by atoms with Crippen LogP contribution in [0.25, 0.3) is 0 Å². The van der Waals surface area contributed by atoms with Crippen LogP contribution in [0.5, 0.6) is 0 Å². The summed E-state index contributed by atoms with van der Waals surface area (Å²) in [5.74, 6) is 0. The van der Waals surface area contributed by atoms with E-state index in [2.05, 4.69) is 24.3 Å². The smallest absolute Gasteiger partial charge is 0.0809 e. The van der Waals surface area contributed by atoms with Crippen molar-refractivity contribution in [1.82, 2.24) is 0 Å². The molecule has 1 aromatic carbocycles. The van der Waals surface area contributed by atoms with Crippen molar-refractivity contribution in [2.45, 2.75) is 50.4 Å². The molecule has 104 valence electrons. The van der Waals surface area contributed by atoms with Crippen LogP contribution in [0.15, 0.2) is 24.3 Å². The average Bonchev–Trinajstić information content (AvgIpc) is 2.90. The maximum atomic E-state index is 6.41. The molecule has 3 heteroatoms. The quantitative estimate of drug-likeness (QED) is 0.851. The van der Waals surface area contributed by atoms with Gasteiger partial charge in [-0.15, -0.1) is 0 Å². The van der Waals surface area contributed by atoms with Gasteiger partial charge in [-0.05, 0) is 43.2 Å². The van der Waals surface area contributed by atoms with Gasteiger partial charge in [-0.25, -0.2) is 0 Å². The Bertz CT molecular complexity index is 415. The monoisotopic (exact) mass is 261 g/mol. The largest absolute Gasteiger partial charge is 0.376 e. The van der Waals surface area contributed by atoms with Gasteiger partial charge in [-0.3, -0.25) is 0 Å². The summed E-state index contributed by atoms with van der Waals surface area (Å²) in [5, 5.41) is 0. The number of hydrogen-bond acceptors (Lipinski definition) is 3. The third-order valence-corrected chi connectivity index (χ3v) is 4.27. The summed E-state index contributed by atoms with van der Waals surface area (Å²) in [4.78, 5) is 0. The topological polar surface area (TPSA) is 44.5 Å². The highest BCUT2D eigenvalue weighted by atomic mass is 16.5. The number of rotatable bonds is 3. The Kier molecular flexibility index (Phi) is 4.16. The molecule has 19 heavy (non-hydrogen) atoms. The molecule has 1 saturated heterocycles. The number of fused-ring (bicyclic) bond motifs is 1. The average molecular weight is 261 g/mol. The lowest BCUT2D eigenvalue weighted by Gasteiger charge is -2.24. The van der Waals surface area contributed by atoms with Crippen molar-refractivity contribution < 1.29 is 9.47 Å². The summed E-state index contributed by atoms with van der Waals surface area (Å²) in [6.07, 6.45) is 6.01. The second-order valence-electron chi connectivity index (χ2n) is 5.62. The zero-order valence-corrected chi connectivity index (χ0v) is 11.4. The van der Waals surface area contributed by atoms with Crippen molar-refractivity contribution in [3.63, 3.8) is 0 Å². The molecule has 0 bridgehead atoms. The normalized spacial score (nSPS) is 30.9. The van der Waals surface area contributed by atoms with E-state index < -0.39 is 0 Å². The third kappa shape index (κ3) is 2.99. The molecule has 0 saturated carbocycles. The fourth-order valence-corrected chi connectivity index (χ4v) is 3.15. The van der Waals surface area contributed by atoms with E-state index in [4.69, 9.17) is 15.2 Å². The fourth-order valence-electron chi connectivity index (χ4n) is 3.15. The van der Waals surface area contributed by atoms with Crippen molar-refractivity contribution in [3.8, 4) is 0 Å². The molecule has 3 nitrogen and oxygen atoms in total. The zero-order valence-electron chi connectivity index (χ0n) is 11.4. The fraction of sp³-hybridized carbons (Fsp3) is 0.625. The van der Waals surface area contributed by atoms with Gasteiger partial charge in [0, 0.05) is 6.61 Å². The second kappa shape index (κ2) is 6.04. The van der Waals surface area contributed by atoms with E-state index in [9.17, 15) is 0 Å². The van der Waals surface area contributed by atoms with E-state index in [-0.39, 0.29) is 18.2 Å². The molecule has 3 unspecified atom stereocenters. The van der Waals surface area contributed by atoms with Gasteiger partial charge in [-0.2, -0.15) is 0 Å². The lowest BCUT2D eigenvalue weighted by atomic mass is 9.98. The molecule has 3 atom stereocenters. The first-order valence-electron chi connectivity index (χ1n) is 7.41. The number of ether oxygens (including phenoxy) is 2. The number of aryl methyl sites for hydroxylation is 1. The van der Waals surface area contributed by atoms with Gasteiger partial charge in [-0.1, -0.05) is 24.3 Å². The minimum atomic E-state index is 0.0000954. The molecule has 2 N–H and O–H groups in total. The summed E-state index contributed by atoms with van der Waals surface area (Å²) in [7, 11) is 0. The van der Waals surface area contributed by atoms with Gasteiger partial charge in [0.1, 0.15) is 0 Å². The van der Waals surface area contributed by atoms with Crippen LogP contribution in [0.3, 0.4) is 0 Å². The standard InChI is InChI=1S/C16H23NO2/c17-16-14-8-2-1-5-12(14)6-3-9-15(16)19-11-13-7-4-10-18-13/h1-2,5,8,13,15-16H,3-4,6-7,9-11,17H2. The van der Waals surface area contributed by atoms with Crippen LogP contribution in [0.2, 0.25) is 0 Å². The van der Waals surface area contributed by atoms with Crippen LogP contribution in [-0.4, -0.2) is 25.4 Å². The number of nitrogens with two attached hydrogens (primary N) is 1. The Hall–Kier alpha value is -0.900. The molecule has 2 aliphatic rings. The van der Waals surface area contributed by atoms with Gasteiger partial charge in [0.05, 0.1) is 24.9 Å². The molecule has 0 amide bonds. The first-order chi connectivity index (χ1) is 9.34. The highest BCUT2D eigenvalue weighted by molar-refractivity contribution is 5.31. The van der Waals surface area contributed by atoms with E-state index in [0.717, 1.165) is 38.7 Å². The van der Waals surface area contributed by atoms with Crippen LogP contribution in [0.4, 0.5) is 0 Å². The molecule has 1 aliphatic carbocycles. The van der Waals surface area contributed by atoms with Crippen LogP contribution < -0.4 is 5.73 Å². The van der Waals surface area contributed by atoms with Crippen LogP contribution in [0.1, 0.15) is 42.9 Å². The van der Waals surface area contributed by atoms with Crippen LogP contribution >= 0.6 is 0 Å². The Morgan fingerprint density at radius 3 is 2.95 bits per heavy atom. The van der Waals surface area contributed by atoms with Gasteiger partial charge < -0.3 is 15.2 Å². The molecule has 0 spiro atoms. The predicted octanol–water partition coefficient (Wildman–Crippen LogP) is 2.59. The molecular weight excluding hydrogens is 238 g/mol. The van der Waals surface area contributed by atoms with E-state index in [0.29, 0.717) is 6.61 Å². The lowest BCUT2D eigenvalue weighted by molar-refractivity contribution is -0.0321. The molecule has 1 fully saturated rings. The van der Waals surface area contributed by atoms with Gasteiger partial charge >= 0.3 is 0 Å². The molecule has 1 heterocycles. The Morgan fingerprint density at radius 1 is 1.21 bits per heavy atom. The number of benzene rings is 1. The van der Waals surface area contributed by atoms with Crippen molar-refractivity contribution in [2.24, 2.45) is 5.73 Å². The maximum Gasteiger partial charge on any atom is 0.0809 e. The van der Waals surface area contributed by atoms with Crippen molar-refractivity contribution >= 4 is 0 Å². The summed E-state index contributed by atoms with van der Waals surface area (Å²) in [6.45, 7) is 1.58. The molecule has 3 rings (SSSR count). The molecule has 1 aromatic rings. The summed E-state index contributed by atoms with van der Waals surface area (Å²) in [6, 6.07) is 8.51. The highest BCUT2D eigenvalue weighted by Crippen LogP contribution is 2.29. The Morgan fingerprint density at radius 2 is 2.11 bits per heavy atom. The van der Waals surface area contributed by atoms with Crippen molar-refractivity contribution in [1.29, 1.82) is 0 Å². The Balaban J connectivity index is 1.65. The molecule has 1 aliphatic heterocycles. The van der Waals surface area contributed by atoms with E-state index in [1.807, 2.05) is 0 Å². The second-order valence-corrected chi connectivity index (χ2v) is 5.62. The molecular formula is C16H23NO2. The predicted molar refractivity (Wildman–Crippen MR) is 75.0 cm³/mol. The van der Waals surface area contributed by atoms with E-state index >= 15 is 0 Å². The minimum Gasteiger partial charge on any atom is -0.376 e. The van der Waals surface area contributed by atoms with Crippen molar-refractivity contribution in [3.05, 3.63) is 35.4 Å². The SMILES string of the molecule is NC1c2ccccc2CCCC1OCC1CCCO1. The van der Waals surface area contributed by atoms with Gasteiger partial charge in [0.2, 0.25) is 0 Å². The van der Waals surface area contributed by atoms with Gasteiger partial charge in [0.15, 0.2) is 0 Å². The zero-order chi connectivity index (χ0) is 13.1. The lowest BCUT2D eigenvalue weighted by Crippen LogP contribution is -2.31. The summed E-state index contributed by atoms with van der Waals surface area (Å²) in [5.41, 5.74) is 9.06. The molecule has 0 aromatic heterocycles. The first-order valence-corrected chi connectivity index (χ1v) is 7.41. The third-order valence-electron chi connectivity index (χ3n) is 4.27.